The maximum Gasteiger partial charge on any atom is 0.131 e. The highest BCUT2D eigenvalue weighted by Crippen LogP contribution is 2.30. The van der Waals surface area contributed by atoms with Gasteiger partial charge in [-0.3, -0.25) is 0 Å². The van der Waals surface area contributed by atoms with Crippen LogP contribution in [0.2, 0.25) is 0 Å². The van der Waals surface area contributed by atoms with E-state index in [1.54, 1.807) is 0 Å². The van der Waals surface area contributed by atoms with Crippen molar-refractivity contribution in [2.24, 2.45) is 0 Å². The molecule has 1 fully saturated rings. The fraction of sp³-hybridized carbons (Fsp3) is 0.750. The van der Waals surface area contributed by atoms with Crippen LogP contribution >= 0.6 is 12.2 Å². The molecule has 0 bridgehead atoms. The summed E-state index contributed by atoms with van der Waals surface area (Å²) in [5.74, 6) is 2.65. The molecule has 1 aromatic rings. The standard InChI is InChI=1S/C16H28N4S/c1-3-20(4-2)11-10-17-14-12-15(21)19-16(18-14)13-8-6-5-7-9-13/h12-13H,3-11H2,1-2H3,(H2,17,18,19,21). The molecule has 4 nitrogen and oxygen atoms in total. The summed E-state index contributed by atoms with van der Waals surface area (Å²) in [5.41, 5.74) is 0. The lowest BCUT2D eigenvalue weighted by molar-refractivity contribution is 0.316. The second kappa shape index (κ2) is 8.49. The molecule has 5 heteroatoms. The van der Waals surface area contributed by atoms with Gasteiger partial charge in [0.1, 0.15) is 16.3 Å². The number of nitrogens with zero attached hydrogens (tertiary/aromatic N) is 2. The minimum Gasteiger partial charge on any atom is -0.370 e. The topological polar surface area (TPSA) is 44.0 Å². The van der Waals surface area contributed by atoms with Crippen LogP contribution in [-0.2, 0) is 0 Å². The van der Waals surface area contributed by atoms with Crippen LogP contribution in [0.4, 0.5) is 5.82 Å². The zero-order valence-corrected chi connectivity index (χ0v) is 14.1. The molecule has 118 valence electrons. The molecule has 0 amide bonds. The highest BCUT2D eigenvalue weighted by atomic mass is 32.1. The molecule has 1 saturated carbocycles. The Balaban J connectivity index is 1.96. The second-order valence-electron chi connectivity index (χ2n) is 5.81. The summed E-state index contributed by atoms with van der Waals surface area (Å²) in [6.45, 7) is 8.57. The van der Waals surface area contributed by atoms with Crippen molar-refractivity contribution in [2.75, 3.05) is 31.5 Å². The van der Waals surface area contributed by atoms with E-state index in [9.17, 15) is 0 Å². The molecule has 0 saturated heterocycles. The molecule has 0 aliphatic heterocycles. The first-order valence-corrected chi connectivity index (χ1v) is 8.71. The Morgan fingerprint density at radius 1 is 1.29 bits per heavy atom. The number of rotatable bonds is 7. The van der Waals surface area contributed by atoms with Crippen LogP contribution in [0.5, 0.6) is 0 Å². The molecule has 0 radical (unpaired) electrons. The lowest BCUT2D eigenvalue weighted by Gasteiger charge is -2.22. The van der Waals surface area contributed by atoms with Crippen LogP contribution in [0.15, 0.2) is 6.07 Å². The van der Waals surface area contributed by atoms with Crippen LogP contribution in [0.25, 0.3) is 0 Å². The van der Waals surface area contributed by atoms with Gasteiger partial charge in [-0.05, 0) is 25.9 Å². The predicted molar refractivity (Wildman–Crippen MR) is 91.5 cm³/mol. The van der Waals surface area contributed by atoms with Crippen molar-refractivity contribution in [2.45, 2.75) is 51.9 Å². The average molecular weight is 308 g/mol. The van der Waals surface area contributed by atoms with Gasteiger partial charge in [-0.25, -0.2) is 4.98 Å². The van der Waals surface area contributed by atoms with Crippen molar-refractivity contribution in [3.05, 3.63) is 16.5 Å². The lowest BCUT2D eigenvalue weighted by Crippen LogP contribution is -2.28. The van der Waals surface area contributed by atoms with E-state index in [0.717, 1.165) is 37.8 Å². The lowest BCUT2D eigenvalue weighted by atomic mass is 9.89. The van der Waals surface area contributed by atoms with Gasteiger partial charge in [0.2, 0.25) is 0 Å². The SMILES string of the molecule is CCN(CC)CCNc1cc(=S)nc(C2CCCCC2)[nH]1. The van der Waals surface area contributed by atoms with Gasteiger partial charge < -0.3 is 15.2 Å². The molecule has 2 rings (SSSR count). The smallest absolute Gasteiger partial charge is 0.131 e. The summed E-state index contributed by atoms with van der Waals surface area (Å²) in [7, 11) is 0. The van der Waals surface area contributed by atoms with Gasteiger partial charge in [0.25, 0.3) is 0 Å². The molecule has 1 heterocycles. The second-order valence-corrected chi connectivity index (χ2v) is 6.23. The number of nitrogens with one attached hydrogen (secondary N) is 2. The summed E-state index contributed by atoms with van der Waals surface area (Å²) < 4.78 is 0.694. The van der Waals surface area contributed by atoms with Crippen molar-refractivity contribution in [1.82, 2.24) is 14.9 Å². The van der Waals surface area contributed by atoms with E-state index < -0.39 is 0 Å². The fourth-order valence-electron chi connectivity index (χ4n) is 3.03. The van der Waals surface area contributed by atoms with Gasteiger partial charge in [-0.2, -0.15) is 0 Å². The zero-order chi connectivity index (χ0) is 15.1. The van der Waals surface area contributed by atoms with Crippen LogP contribution in [0.1, 0.15) is 57.7 Å². The normalized spacial score (nSPS) is 16.3. The van der Waals surface area contributed by atoms with E-state index >= 15 is 0 Å². The highest BCUT2D eigenvalue weighted by molar-refractivity contribution is 7.71. The molecule has 0 aromatic carbocycles. The highest BCUT2D eigenvalue weighted by Gasteiger charge is 2.17. The molecule has 2 N–H and O–H groups in total. The van der Waals surface area contributed by atoms with Gasteiger partial charge in [0, 0.05) is 25.1 Å². The summed E-state index contributed by atoms with van der Waals surface area (Å²) in [4.78, 5) is 10.4. The molecule has 1 aromatic heterocycles. The first-order chi connectivity index (χ1) is 10.2. The van der Waals surface area contributed by atoms with Gasteiger partial charge in [0.05, 0.1) is 0 Å². The summed E-state index contributed by atoms with van der Waals surface area (Å²) in [6.07, 6.45) is 6.46. The van der Waals surface area contributed by atoms with Crippen molar-refractivity contribution in [3.8, 4) is 0 Å². The molecule has 1 aliphatic carbocycles. The quantitative estimate of drug-likeness (QED) is 0.749. The number of hydrogen-bond acceptors (Lipinski definition) is 4. The van der Waals surface area contributed by atoms with Crippen LogP contribution < -0.4 is 5.32 Å². The Labute approximate surface area is 133 Å². The van der Waals surface area contributed by atoms with E-state index in [4.69, 9.17) is 12.2 Å². The minimum atomic E-state index is 0.560. The van der Waals surface area contributed by atoms with Gasteiger partial charge >= 0.3 is 0 Å². The van der Waals surface area contributed by atoms with E-state index in [0.29, 0.717) is 10.6 Å². The first kappa shape index (κ1) is 16.4. The molecule has 0 spiro atoms. The number of aromatic amines is 1. The van der Waals surface area contributed by atoms with E-state index in [-0.39, 0.29) is 0 Å². The predicted octanol–water partition coefficient (Wildman–Crippen LogP) is 3.94. The van der Waals surface area contributed by atoms with Crippen LogP contribution in [0.3, 0.4) is 0 Å². The largest absolute Gasteiger partial charge is 0.370 e. The number of hydrogen-bond donors (Lipinski definition) is 2. The van der Waals surface area contributed by atoms with Crippen LogP contribution in [0, 0.1) is 4.64 Å². The van der Waals surface area contributed by atoms with Gasteiger partial charge in [-0.1, -0.05) is 45.3 Å². The Kier molecular flexibility index (Phi) is 6.64. The van der Waals surface area contributed by atoms with E-state index in [2.05, 4.69) is 34.0 Å². The summed E-state index contributed by atoms with van der Waals surface area (Å²) in [6, 6.07) is 1.93. The van der Waals surface area contributed by atoms with Gasteiger partial charge in [-0.15, -0.1) is 0 Å². The Morgan fingerprint density at radius 3 is 2.67 bits per heavy atom. The van der Waals surface area contributed by atoms with Crippen molar-refractivity contribution >= 4 is 18.0 Å². The van der Waals surface area contributed by atoms with Crippen molar-refractivity contribution < 1.29 is 0 Å². The summed E-state index contributed by atoms with van der Waals surface area (Å²) in [5, 5.41) is 3.46. The van der Waals surface area contributed by atoms with E-state index in [1.165, 1.54) is 32.1 Å². The number of anilines is 1. The number of likely N-dealkylation sites (N-methyl/N-ethyl adjacent to an activating group) is 1. The van der Waals surface area contributed by atoms with Gasteiger partial charge in [0.15, 0.2) is 0 Å². The molecule has 21 heavy (non-hydrogen) atoms. The van der Waals surface area contributed by atoms with Crippen molar-refractivity contribution in [3.63, 3.8) is 0 Å². The molecular formula is C16H28N4S. The first-order valence-electron chi connectivity index (χ1n) is 8.30. The average Bonchev–Trinajstić information content (AvgIpc) is 2.52. The van der Waals surface area contributed by atoms with Crippen LogP contribution in [-0.4, -0.2) is 41.0 Å². The Bertz CT molecular complexity index is 475. The monoisotopic (exact) mass is 308 g/mol. The zero-order valence-electron chi connectivity index (χ0n) is 13.3. The maximum atomic E-state index is 5.32. The molecular weight excluding hydrogens is 280 g/mol. The maximum absolute atomic E-state index is 5.32. The molecule has 1 aliphatic rings. The van der Waals surface area contributed by atoms with Crippen molar-refractivity contribution in [1.29, 1.82) is 0 Å². The molecule has 0 unspecified atom stereocenters. The van der Waals surface area contributed by atoms with E-state index in [1.807, 2.05) is 6.07 Å². The third-order valence-corrected chi connectivity index (χ3v) is 4.60. The third-order valence-electron chi connectivity index (χ3n) is 4.39. The fourth-order valence-corrected chi connectivity index (χ4v) is 3.25. The minimum absolute atomic E-state index is 0.560. The summed E-state index contributed by atoms with van der Waals surface area (Å²) >= 11 is 5.32. The number of H-pyrrole nitrogens is 1. The number of aromatic nitrogens is 2. The molecule has 0 atom stereocenters. The Morgan fingerprint density at radius 2 is 2.00 bits per heavy atom. The Hall–Kier alpha value is -0.940. The third kappa shape index (κ3) is 5.08.